The van der Waals surface area contributed by atoms with Crippen molar-refractivity contribution < 1.29 is 29.3 Å². The van der Waals surface area contributed by atoms with Crippen LogP contribution in [0.2, 0.25) is 0 Å². The van der Waals surface area contributed by atoms with Gasteiger partial charge >= 0.3 is 17.9 Å². The smallest absolute Gasteiger partial charge is 0.322 e. The van der Waals surface area contributed by atoms with E-state index in [0.29, 0.717) is 0 Å². The lowest BCUT2D eigenvalue weighted by Crippen LogP contribution is -2.46. The van der Waals surface area contributed by atoms with Crippen LogP contribution in [0, 0.1) is 0 Å². The molecule has 0 fully saturated rings. The maximum atomic E-state index is 12.0. The van der Waals surface area contributed by atoms with Crippen LogP contribution in [0.5, 0.6) is 0 Å². The second-order valence-electron chi connectivity index (χ2n) is 5.14. The first-order valence-electron chi connectivity index (χ1n) is 5.93. The van der Waals surface area contributed by atoms with Gasteiger partial charge in [0.05, 0.1) is 0 Å². The van der Waals surface area contributed by atoms with Crippen LogP contribution in [0.1, 0.15) is 20.8 Å². The van der Waals surface area contributed by atoms with Gasteiger partial charge in [-0.1, -0.05) is 21.6 Å². The summed E-state index contributed by atoms with van der Waals surface area (Å²) in [6.07, 6.45) is 0. The number of esters is 1. The molecule has 0 aliphatic carbocycles. The van der Waals surface area contributed by atoms with Crippen LogP contribution >= 0.6 is 21.6 Å². The van der Waals surface area contributed by atoms with E-state index in [1.165, 1.54) is 0 Å². The van der Waals surface area contributed by atoms with Crippen LogP contribution < -0.4 is 11.5 Å². The highest BCUT2D eigenvalue weighted by molar-refractivity contribution is 8.77. The van der Waals surface area contributed by atoms with E-state index in [0.717, 1.165) is 21.6 Å². The number of nitrogens with two attached hydrogens (primary N) is 2. The Balaban J connectivity index is 4.72. The highest BCUT2D eigenvalue weighted by atomic mass is 33.1. The van der Waals surface area contributed by atoms with Crippen molar-refractivity contribution in [2.45, 2.75) is 43.7 Å². The molecule has 0 aliphatic rings. The standard InChI is InChI=1S/C11H20N2O6S2/c1-11(2,3)19-10(18)7(6(13)9(16)17)21-20-4-5(12)8(14)15/h5-7H,4,12-13H2,1-3H3,(H,14,15)(H,16,17). The Morgan fingerprint density at radius 1 is 1.14 bits per heavy atom. The topological polar surface area (TPSA) is 153 Å². The lowest BCUT2D eigenvalue weighted by Gasteiger charge is -2.25. The summed E-state index contributed by atoms with van der Waals surface area (Å²) in [7, 11) is 1.81. The minimum Gasteiger partial charge on any atom is -0.480 e. The summed E-state index contributed by atoms with van der Waals surface area (Å²) in [4.78, 5) is 33.5. The van der Waals surface area contributed by atoms with Crippen molar-refractivity contribution in [2.24, 2.45) is 11.5 Å². The van der Waals surface area contributed by atoms with Gasteiger partial charge in [-0.15, -0.1) is 0 Å². The number of rotatable bonds is 8. The normalized spacial score (nSPS) is 15.9. The van der Waals surface area contributed by atoms with Gasteiger partial charge in [0.25, 0.3) is 0 Å². The highest BCUT2D eigenvalue weighted by Crippen LogP contribution is 2.30. The maximum Gasteiger partial charge on any atom is 0.322 e. The van der Waals surface area contributed by atoms with Crippen molar-refractivity contribution in [1.29, 1.82) is 0 Å². The van der Waals surface area contributed by atoms with E-state index in [2.05, 4.69) is 0 Å². The number of carbonyl (C=O) groups is 3. The van der Waals surface area contributed by atoms with Gasteiger partial charge in [0.1, 0.15) is 22.9 Å². The van der Waals surface area contributed by atoms with Crippen LogP contribution in [0.3, 0.4) is 0 Å². The number of ether oxygens (including phenoxy) is 1. The molecule has 0 aromatic rings. The minimum absolute atomic E-state index is 0.00559. The van der Waals surface area contributed by atoms with E-state index in [-0.39, 0.29) is 5.75 Å². The van der Waals surface area contributed by atoms with E-state index < -0.39 is 40.8 Å². The van der Waals surface area contributed by atoms with Gasteiger partial charge in [-0.25, -0.2) is 0 Å². The molecule has 0 amide bonds. The third-order valence-corrected chi connectivity index (χ3v) is 4.75. The van der Waals surface area contributed by atoms with Gasteiger partial charge < -0.3 is 26.4 Å². The fraction of sp³-hybridized carbons (Fsp3) is 0.727. The van der Waals surface area contributed by atoms with Crippen LogP contribution in [-0.4, -0.2) is 56.8 Å². The Bertz CT molecular complexity index is 399. The molecule has 0 aromatic heterocycles. The number of carbonyl (C=O) groups excluding carboxylic acids is 1. The fourth-order valence-corrected chi connectivity index (χ4v) is 3.58. The predicted molar refractivity (Wildman–Crippen MR) is 80.9 cm³/mol. The fourth-order valence-electron chi connectivity index (χ4n) is 0.992. The van der Waals surface area contributed by atoms with Gasteiger partial charge in [0.15, 0.2) is 0 Å². The van der Waals surface area contributed by atoms with Crippen molar-refractivity contribution in [3.63, 3.8) is 0 Å². The summed E-state index contributed by atoms with van der Waals surface area (Å²) in [5.74, 6) is -3.29. The zero-order valence-electron chi connectivity index (χ0n) is 11.9. The van der Waals surface area contributed by atoms with Gasteiger partial charge in [-0.05, 0) is 20.8 Å². The molecule has 0 bridgehead atoms. The molecule has 0 aromatic carbocycles. The molecule has 0 saturated heterocycles. The summed E-state index contributed by atoms with van der Waals surface area (Å²) in [6, 6.07) is -2.57. The van der Waals surface area contributed by atoms with Crippen molar-refractivity contribution in [3.05, 3.63) is 0 Å². The van der Waals surface area contributed by atoms with Crippen LogP contribution in [-0.2, 0) is 19.1 Å². The molecule has 0 heterocycles. The van der Waals surface area contributed by atoms with E-state index >= 15 is 0 Å². The molecule has 0 saturated carbocycles. The second-order valence-corrected chi connectivity index (χ2v) is 7.70. The van der Waals surface area contributed by atoms with Gasteiger partial charge in [-0.3, -0.25) is 14.4 Å². The maximum absolute atomic E-state index is 12.0. The first kappa shape index (κ1) is 20.0. The summed E-state index contributed by atoms with van der Waals surface area (Å²) >= 11 is 0. The monoisotopic (exact) mass is 340 g/mol. The third-order valence-electron chi connectivity index (χ3n) is 1.99. The van der Waals surface area contributed by atoms with Gasteiger partial charge in [0, 0.05) is 5.75 Å². The third kappa shape index (κ3) is 8.15. The van der Waals surface area contributed by atoms with Crippen LogP contribution in [0.15, 0.2) is 0 Å². The van der Waals surface area contributed by atoms with Crippen molar-refractivity contribution in [1.82, 2.24) is 0 Å². The molecule has 3 unspecified atom stereocenters. The van der Waals surface area contributed by atoms with E-state index in [9.17, 15) is 14.4 Å². The first-order chi connectivity index (χ1) is 9.45. The lowest BCUT2D eigenvalue weighted by molar-refractivity contribution is -0.157. The van der Waals surface area contributed by atoms with Crippen molar-refractivity contribution in [3.8, 4) is 0 Å². The lowest BCUT2D eigenvalue weighted by atomic mass is 10.1. The molecule has 8 nitrogen and oxygen atoms in total. The van der Waals surface area contributed by atoms with E-state index in [1.807, 2.05) is 0 Å². The van der Waals surface area contributed by atoms with Crippen LogP contribution in [0.25, 0.3) is 0 Å². The van der Waals surface area contributed by atoms with Crippen molar-refractivity contribution >= 4 is 39.5 Å². The predicted octanol–water partition coefficient (Wildman–Crippen LogP) is -0.0981. The van der Waals surface area contributed by atoms with E-state index in [1.54, 1.807) is 20.8 Å². The molecule has 6 N–H and O–H groups in total. The zero-order chi connectivity index (χ0) is 16.8. The van der Waals surface area contributed by atoms with E-state index in [4.69, 9.17) is 26.4 Å². The Hall–Kier alpha value is -0.970. The first-order valence-corrected chi connectivity index (χ1v) is 8.32. The van der Waals surface area contributed by atoms with Gasteiger partial charge in [0.2, 0.25) is 0 Å². The van der Waals surface area contributed by atoms with Crippen molar-refractivity contribution in [2.75, 3.05) is 5.75 Å². The Morgan fingerprint density at radius 3 is 2.05 bits per heavy atom. The number of hydrogen-bond acceptors (Lipinski definition) is 8. The highest BCUT2D eigenvalue weighted by Gasteiger charge is 2.35. The number of carboxylic acid groups (broad SMARTS) is 2. The zero-order valence-corrected chi connectivity index (χ0v) is 13.6. The molecular formula is C11H20N2O6S2. The quantitative estimate of drug-likeness (QED) is 0.348. The second kappa shape index (κ2) is 8.47. The van der Waals surface area contributed by atoms with Crippen LogP contribution in [0.4, 0.5) is 0 Å². The molecule has 10 heteroatoms. The summed E-state index contributed by atoms with van der Waals surface area (Å²) in [6.45, 7) is 4.94. The average Bonchev–Trinajstić information content (AvgIpc) is 2.30. The molecular weight excluding hydrogens is 320 g/mol. The Labute approximate surface area is 130 Å². The largest absolute Gasteiger partial charge is 0.480 e. The molecule has 122 valence electrons. The molecule has 0 radical (unpaired) electrons. The summed E-state index contributed by atoms with van der Waals surface area (Å²) in [5, 5.41) is 16.4. The molecule has 0 rings (SSSR count). The summed E-state index contributed by atoms with van der Waals surface area (Å²) in [5.41, 5.74) is 10.0. The Morgan fingerprint density at radius 2 is 1.67 bits per heavy atom. The minimum atomic E-state index is -1.46. The number of aliphatic carboxylic acids is 2. The molecule has 0 aliphatic heterocycles. The average molecular weight is 340 g/mol. The SMILES string of the molecule is CC(C)(C)OC(=O)C(SSCC(N)C(=O)O)C(N)C(=O)O. The van der Waals surface area contributed by atoms with Gasteiger partial charge in [-0.2, -0.15) is 0 Å². The molecule has 3 atom stereocenters. The Kier molecular flexibility index (Phi) is 8.08. The molecule has 21 heavy (non-hydrogen) atoms. The number of hydrogen-bond donors (Lipinski definition) is 4. The summed E-state index contributed by atoms with van der Waals surface area (Å²) < 4.78 is 5.11. The number of carboxylic acids is 2. The molecule has 0 spiro atoms.